The fourth-order valence-electron chi connectivity index (χ4n) is 2.18. The third-order valence-electron chi connectivity index (χ3n) is 3.30. The van der Waals surface area contributed by atoms with Crippen LogP contribution in [-0.2, 0) is 4.74 Å². The van der Waals surface area contributed by atoms with E-state index in [0.717, 1.165) is 25.9 Å². The van der Waals surface area contributed by atoms with Crippen LogP contribution in [0, 0.1) is 0 Å². The van der Waals surface area contributed by atoms with Crippen molar-refractivity contribution in [1.82, 2.24) is 15.2 Å². The standard InChI is InChI=1S/C14H15F2N3O3/c15-12(16)14-19-18-13(22-14)9-4-5-17-11(7-9)21-8-10-3-1-2-6-20-10/h4-5,7,10,12H,1-3,6,8H2. The van der Waals surface area contributed by atoms with Gasteiger partial charge >= 0.3 is 6.43 Å². The lowest BCUT2D eigenvalue weighted by Crippen LogP contribution is -2.25. The number of pyridine rings is 1. The zero-order chi connectivity index (χ0) is 15.4. The van der Waals surface area contributed by atoms with E-state index in [-0.39, 0.29) is 12.0 Å². The largest absolute Gasteiger partial charge is 0.475 e. The van der Waals surface area contributed by atoms with Gasteiger partial charge in [-0.2, -0.15) is 8.78 Å². The molecular weight excluding hydrogens is 296 g/mol. The van der Waals surface area contributed by atoms with E-state index in [0.29, 0.717) is 18.1 Å². The summed E-state index contributed by atoms with van der Waals surface area (Å²) in [5, 5.41) is 6.89. The Morgan fingerprint density at radius 1 is 1.32 bits per heavy atom. The van der Waals surface area contributed by atoms with Crippen molar-refractivity contribution in [2.75, 3.05) is 13.2 Å². The number of hydrogen-bond donors (Lipinski definition) is 0. The minimum atomic E-state index is -2.79. The number of nitrogens with zero attached hydrogens (tertiary/aromatic N) is 3. The molecule has 1 unspecified atom stereocenters. The van der Waals surface area contributed by atoms with Crippen molar-refractivity contribution in [2.24, 2.45) is 0 Å². The van der Waals surface area contributed by atoms with Crippen molar-refractivity contribution < 1.29 is 22.7 Å². The number of rotatable bonds is 5. The van der Waals surface area contributed by atoms with Gasteiger partial charge in [-0.1, -0.05) is 0 Å². The van der Waals surface area contributed by atoms with E-state index in [9.17, 15) is 8.78 Å². The van der Waals surface area contributed by atoms with Gasteiger partial charge < -0.3 is 13.9 Å². The molecule has 3 rings (SSSR count). The van der Waals surface area contributed by atoms with E-state index in [4.69, 9.17) is 13.9 Å². The van der Waals surface area contributed by atoms with Crippen molar-refractivity contribution in [3.63, 3.8) is 0 Å². The summed E-state index contributed by atoms with van der Waals surface area (Å²) in [4.78, 5) is 4.08. The van der Waals surface area contributed by atoms with Gasteiger partial charge in [0.25, 0.3) is 5.89 Å². The number of alkyl halides is 2. The van der Waals surface area contributed by atoms with E-state index in [1.54, 1.807) is 12.1 Å². The van der Waals surface area contributed by atoms with Crippen molar-refractivity contribution in [1.29, 1.82) is 0 Å². The van der Waals surface area contributed by atoms with Crippen LogP contribution in [0.3, 0.4) is 0 Å². The Balaban J connectivity index is 1.66. The predicted molar refractivity (Wildman–Crippen MR) is 71.6 cm³/mol. The summed E-state index contributed by atoms with van der Waals surface area (Å²) < 4.78 is 41.0. The van der Waals surface area contributed by atoms with Crippen LogP contribution in [0.5, 0.6) is 5.88 Å². The molecule has 1 aliphatic rings. The lowest BCUT2D eigenvalue weighted by Gasteiger charge is -2.22. The number of hydrogen-bond acceptors (Lipinski definition) is 6. The summed E-state index contributed by atoms with van der Waals surface area (Å²) in [6, 6.07) is 3.17. The summed E-state index contributed by atoms with van der Waals surface area (Å²) in [5.74, 6) is -0.329. The number of aromatic nitrogens is 3. The molecule has 0 aromatic carbocycles. The maximum absolute atomic E-state index is 12.5. The molecule has 1 aliphatic heterocycles. The van der Waals surface area contributed by atoms with Crippen molar-refractivity contribution in [2.45, 2.75) is 31.8 Å². The summed E-state index contributed by atoms with van der Waals surface area (Å²) in [7, 11) is 0. The Bertz CT molecular complexity index is 615. The highest BCUT2D eigenvalue weighted by Gasteiger charge is 2.18. The average Bonchev–Trinajstić information content (AvgIpc) is 3.05. The maximum atomic E-state index is 12.5. The minimum absolute atomic E-state index is 0.0106. The molecule has 1 fully saturated rings. The monoisotopic (exact) mass is 311 g/mol. The van der Waals surface area contributed by atoms with E-state index >= 15 is 0 Å². The van der Waals surface area contributed by atoms with Gasteiger partial charge in [0.1, 0.15) is 6.61 Å². The molecule has 6 nitrogen and oxygen atoms in total. The van der Waals surface area contributed by atoms with E-state index in [2.05, 4.69) is 15.2 Å². The Hall–Kier alpha value is -2.09. The summed E-state index contributed by atoms with van der Waals surface area (Å²) in [6.07, 6.45) is 1.93. The molecule has 0 radical (unpaired) electrons. The first-order chi connectivity index (χ1) is 10.7. The topological polar surface area (TPSA) is 70.3 Å². The van der Waals surface area contributed by atoms with E-state index in [1.807, 2.05) is 0 Å². The van der Waals surface area contributed by atoms with Crippen LogP contribution in [0.2, 0.25) is 0 Å². The molecule has 1 saturated heterocycles. The van der Waals surface area contributed by atoms with Crippen LogP contribution in [0.25, 0.3) is 11.5 Å². The van der Waals surface area contributed by atoms with Gasteiger partial charge in [-0.05, 0) is 25.3 Å². The maximum Gasteiger partial charge on any atom is 0.314 e. The third-order valence-corrected chi connectivity index (χ3v) is 3.30. The lowest BCUT2D eigenvalue weighted by atomic mass is 10.1. The van der Waals surface area contributed by atoms with E-state index in [1.165, 1.54) is 6.20 Å². The Kier molecular flexibility index (Phi) is 4.57. The van der Waals surface area contributed by atoms with Crippen LogP contribution >= 0.6 is 0 Å². The second-order valence-electron chi connectivity index (χ2n) is 4.93. The zero-order valence-corrected chi connectivity index (χ0v) is 11.7. The van der Waals surface area contributed by atoms with Gasteiger partial charge in [-0.3, -0.25) is 0 Å². The Morgan fingerprint density at radius 2 is 2.23 bits per heavy atom. The molecule has 1 atom stereocenters. The van der Waals surface area contributed by atoms with Crippen LogP contribution in [0.15, 0.2) is 22.7 Å². The molecular formula is C14H15F2N3O3. The lowest BCUT2D eigenvalue weighted by molar-refractivity contribution is -0.0119. The van der Waals surface area contributed by atoms with Crippen LogP contribution < -0.4 is 4.74 Å². The quantitative estimate of drug-likeness (QED) is 0.845. The molecule has 22 heavy (non-hydrogen) atoms. The Morgan fingerprint density at radius 3 is 2.95 bits per heavy atom. The van der Waals surface area contributed by atoms with Crippen LogP contribution in [-0.4, -0.2) is 34.5 Å². The van der Waals surface area contributed by atoms with Gasteiger partial charge in [-0.15, -0.1) is 10.2 Å². The second-order valence-corrected chi connectivity index (χ2v) is 4.93. The molecule has 3 heterocycles. The van der Waals surface area contributed by atoms with Crippen LogP contribution in [0.1, 0.15) is 31.6 Å². The number of ether oxygens (including phenoxy) is 2. The Labute approximate surface area is 125 Å². The molecule has 8 heteroatoms. The molecule has 2 aromatic rings. The minimum Gasteiger partial charge on any atom is -0.475 e. The highest BCUT2D eigenvalue weighted by Crippen LogP contribution is 2.25. The fourth-order valence-corrected chi connectivity index (χ4v) is 2.18. The fraction of sp³-hybridized carbons (Fsp3) is 0.500. The second kappa shape index (κ2) is 6.78. The molecule has 118 valence electrons. The summed E-state index contributed by atoms with van der Waals surface area (Å²) in [6.45, 7) is 1.16. The van der Waals surface area contributed by atoms with Crippen LogP contribution in [0.4, 0.5) is 8.78 Å². The first-order valence-corrected chi connectivity index (χ1v) is 7.05. The third kappa shape index (κ3) is 3.56. The van der Waals surface area contributed by atoms with Gasteiger partial charge in [0.05, 0.1) is 6.10 Å². The molecule has 0 aliphatic carbocycles. The predicted octanol–water partition coefficient (Wildman–Crippen LogP) is 3.02. The smallest absolute Gasteiger partial charge is 0.314 e. The summed E-state index contributed by atoms with van der Waals surface area (Å²) >= 11 is 0. The van der Waals surface area contributed by atoms with Gasteiger partial charge in [-0.25, -0.2) is 4.98 Å². The summed E-state index contributed by atoms with van der Waals surface area (Å²) in [5.41, 5.74) is 0.481. The molecule has 0 N–H and O–H groups in total. The van der Waals surface area contributed by atoms with Crippen molar-refractivity contribution in [3.05, 3.63) is 24.2 Å². The molecule has 0 spiro atoms. The highest BCUT2D eigenvalue weighted by atomic mass is 19.3. The van der Waals surface area contributed by atoms with Gasteiger partial charge in [0.2, 0.25) is 11.8 Å². The normalized spacial score (nSPS) is 18.6. The SMILES string of the molecule is FC(F)c1nnc(-c2ccnc(OCC3CCCCO3)c2)o1. The molecule has 0 saturated carbocycles. The van der Waals surface area contributed by atoms with Crippen molar-refractivity contribution in [3.8, 4) is 17.3 Å². The molecule has 0 bridgehead atoms. The number of halogens is 2. The zero-order valence-electron chi connectivity index (χ0n) is 11.7. The van der Waals surface area contributed by atoms with Gasteiger partial charge in [0.15, 0.2) is 0 Å². The average molecular weight is 311 g/mol. The van der Waals surface area contributed by atoms with E-state index < -0.39 is 12.3 Å². The first kappa shape index (κ1) is 14.8. The molecule has 0 amide bonds. The van der Waals surface area contributed by atoms with Crippen molar-refractivity contribution >= 4 is 0 Å². The van der Waals surface area contributed by atoms with Gasteiger partial charge in [0, 0.05) is 24.4 Å². The molecule has 2 aromatic heterocycles. The highest BCUT2D eigenvalue weighted by molar-refractivity contribution is 5.53. The first-order valence-electron chi connectivity index (χ1n) is 7.05.